The van der Waals surface area contributed by atoms with E-state index in [9.17, 15) is 13.2 Å². The van der Waals surface area contributed by atoms with Crippen LogP contribution >= 0.6 is 0 Å². The highest BCUT2D eigenvalue weighted by molar-refractivity contribution is 7.77. The van der Waals surface area contributed by atoms with Crippen molar-refractivity contribution in [2.75, 3.05) is 7.11 Å². The number of ether oxygens (including phenoxy) is 1. The smallest absolute Gasteiger partial charge is 0.129 e. The van der Waals surface area contributed by atoms with Gasteiger partial charge < -0.3 is 9.29 Å². The second-order valence-corrected chi connectivity index (χ2v) is 5.45. The van der Waals surface area contributed by atoms with Crippen molar-refractivity contribution in [3.05, 3.63) is 47.8 Å². The third-order valence-electron chi connectivity index (χ3n) is 3.31. The zero-order valence-corrected chi connectivity index (χ0v) is 12.8. The van der Waals surface area contributed by atoms with E-state index in [1.807, 2.05) is 0 Å². The van der Waals surface area contributed by atoms with Gasteiger partial charge in [-0.25, -0.2) is 13.8 Å². The summed E-state index contributed by atoms with van der Waals surface area (Å²) in [5.74, 6) is 0.125. The standard InChI is InChI=1S/C14H13FN4O3S/c1-22-11-4-5-14-13(7-11)17-18-19(14)10-3-2-9(12(15)6-10)8-16-23(20)21/h2-7,16H,8H2,1H3,(H,20,21)/p-1. The molecule has 3 rings (SSSR count). The molecule has 1 N–H and O–H groups in total. The van der Waals surface area contributed by atoms with E-state index in [1.54, 1.807) is 31.4 Å². The molecule has 0 saturated carbocycles. The SMILES string of the molecule is COc1ccc2c(c1)nnn2-c1ccc(CNS(=O)[O-])c(F)c1. The van der Waals surface area contributed by atoms with Crippen LogP contribution in [-0.4, -0.2) is 30.9 Å². The molecule has 0 aliphatic heterocycles. The Morgan fingerprint density at radius 2 is 2.17 bits per heavy atom. The predicted octanol–water partition coefficient (Wildman–Crippen LogP) is 1.45. The lowest BCUT2D eigenvalue weighted by atomic mass is 10.2. The average molecular weight is 335 g/mol. The molecular formula is C14H12FN4O3S-. The lowest BCUT2D eigenvalue weighted by Gasteiger charge is -2.09. The minimum atomic E-state index is -2.44. The molecule has 0 aliphatic carbocycles. The van der Waals surface area contributed by atoms with Crippen LogP contribution in [0.5, 0.6) is 5.75 Å². The Hall–Kier alpha value is -2.36. The number of fused-ring (bicyclic) bond motifs is 1. The number of rotatable bonds is 5. The number of aromatic nitrogens is 3. The number of hydrogen-bond donors (Lipinski definition) is 1. The summed E-state index contributed by atoms with van der Waals surface area (Å²) in [6.45, 7) is -0.114. The summed E-state index contributed by atoms with van der Waals surface area (Å²) in [5, 5.41) is 8.05. The van der Waals surface area contributed by atoms with E-state index in [-0.39, 0.29) is 12.1 Å². The summed E-state index contributed by atoms with van der Waals surface area (Å²) >= 11 is -2.44. The number of nitrogens with one attached hydrogen (secondary N) is 1. The molecule has 0 fully saturated rings. The molecular weight excluding hydrogens is 323 g/mol. The van der Waals surface area contributed by atoms with Crippen LogP contribution in [0.3, 0.4) is 0 Å². The number of benzene rings is 2. The Bertz CT molecular complexity index is 884. The van der Waals surface area contributed by atoms with Gasteiger partial charge in [-0.05, 0) is 24.3 Å². The molecule has 1 heterocycles. The average Bonchev–Trinajstić information content (AvgIpc) is 2.96. The van der Waals surface area contributed by atoms with Crippen molar-refractivity contribution in [1.82, 2.24) is 19.7 Å². The minimum Gasteiger partial charge on any atom is -0.760 e. The Morgan fingerprint density at radius 1 is 1.35 bits per heavy atom. The van der Waals surface area contributed by atoms with Crippen LogP contribution in [0.25, 0.3) is 16.7 Å². The third-order valence-corrected chi connectivity index (χ3v) is 3.69. The summed E-state index contributed by atoms with van der Waals surface area (Å²) < 4.78 is 43.8. The summed E-state index contributed by atoms with van der Waals surface area (Å²) in [7, 11) is 1.56. The minimum absolute atomic E-state index is 0.114. The molecule has 3 aromatic rings. The first-order valence-corrected chi connectivity index (χ1v) is 7.67. The normalized spacial score (nSPS) is 12.5. The van der Waals surface area contributed by atoms with Gasteiger partial charge in [0.25, 0.3) is 0 Å². The lowest BCUT2D eigenvalue weighted by Crippen LogP contribution is -2.16. The maximum atomic E-state index is 14.1. The van der Waals surface area contributed by atoms with Crippen LogP contribution < -0.4 is 9.46 Å². The van der Waals surface area contributed by atoms with Gasteiger partial charge in [-0.3, -0.25) is 4.21 Å². The molecule has 7 nitrogen and oxygen atoms in total. The van der Waals surface area contributed by atoms with Crippen molar-refractivity contribution in [2.45, 2.75) is 6.54 Å². The second kappa shape index (κ2) is 6.41. The summed E-state index contributed by atoms with van der Waals surface area (Å²) in [4.78, 5) is 0. The highest BCUT2D eigenvalue weighted by Gasteiger charge is 2.10. The molecule has 120 valence electrons. The Morgan fingerprint density at radius 3 is 2.87 bits per heavy atom. The van der Waals surface area contributed by atoms with E-state index in [4.69, 9.17) is 4.74 Å². The molecule has 0 aliphatic rings. The lowest BCUT2D eigenvalue weighted by molar-refractivity contribution is 0.415. The van der Waals surface area contributed by atoms with Gasteiger partial charge in [0, 0.05) is 29.4 Å². The highest BCUT2D eigenvalue weighted by atomic mass is 32.2. The monoisotopic (exact) mass is 335 g/mol. The number of halogens is 1. The fourth-order valence-corrected chi connectivity index (χ4v) is 2.44. The van der Waals surface area contributed by atoms with Crippen LogP contribution in [-0.2, 0) is 17.8 Å². The molecule has 23 heavy (non-hydrogen) atoms. The molecule has 2 aromatic carbocycles. The van der Waals surface area contributed by atoms with Crippen LogP contribution in [0.4, 0.5) is 4.39 Å². The van der Waals surface area contributed by atoms with E-state index >= 15 is 0 Å². The van der Waals surface area contributed by atoms with Crippen molar-refractivity contribution in [3.63, 3.8) is 0 Å². The van der Waals surface area contributed by atoms with E-state index in [0.717, 1.165) is 0 Å². The van der Waals surface area contributed by atoms with E-state index in [0.29, 0.717) is 22.5 Å². The first-order valence-electron chi connectivity index (χ1n) is 6.59. The van der Waals surface area contributed by atoms with Gasteiger partial charge in [-0.2, -0.15) is 0 Å². The molecule has 1 unspecified atom stereocenters. The van der Waals surface area contributed by atoms with Crippen molar-refractivity contribution < 1.29 is 17.9 Å². The fourth-order valence-electron chi connectivity index (χ4n) is 2.17. The molecule has 1 aromatic heterocycles. The molecule has 0 amide bonds. The van der Waals surface area contributed by atoms with Crippen LogP contribution in [0.2, 0.25) is 0 Å². The number of hydrogen-bond acceptors (Lipinski definition) is 5. The summed E-state index contributed by atoms with van der Waals surface area (Å²) in [5.41, 5.74) is 2.06. The molecule has 0 radical (unpaired) electrons. The van der Waals surface area contributed by atoms with Crippen LogP contribution in [0.1, 0.15) is 5.56 Å². The third kappa shape index (κ3) is 3.21. The molecule has 0 saturated heterocycles. The van der Waals surface area contributed by atoms with E-state index < -0.39 is 17.1 Å². The van der Waals surface area contributed by atoms with Gasteiger partial charge in [0.1, 0.15) is 17.1 Å². The fraction of sp³-hybridized carbons (Fsp3) is 0.143. The summed E-state index contributed by atoms with van der Waals surface area (Å²) in [6.07, 6.45) is 0. The largest absolute Gasteiger partial charge is 0.760 e. The van der Waals surface area contributed by atoms with Gasteiger partial charge in [0.15, 0.2) is 0 Å². The first kappa shape index (κ1) is 15.5. The van der Waals surface area contributed by atoms with Gasteiger partial charge in [0.2, 0.25) is 0 Å². The van der Waals surface area contributed by atoms with E-state index in [1.165, 1.54) is 16.8 Å². The van der Waals surface area contributed by atoms with Gasteiger partial charge in [0.05, 0.1) is 18.3 Å². The molecule has 0 spiro atoms. The maximum Gasteiger partial charge on any atom is 0.129 e. The second-order valence-electron chi connectivity index (χ2n) is 4.69. The quantitative estimate of drug-likeness (QED) is 0.713. The Balaban J connectivity index is 1.95. The zero-order valence-electron chi connectivity index (χ0n) is 12.0. The van der Waals surface area contributed by atoms with Gasteiger partial charge in [-0.15, -0.1) is 5.10 Å². The number of methoxy groups -OCH3 is 1. The van der Waals surface area contributed by atoms with Crippen molar-refractivity contribution in [3.8, 4) is 11.4 Å². The van der Waals surface area contributed by atoms with Crippen molar-refractivity contribution in [1.29, 1.82) is 0 Å². The van der Waals surface area contributed by atoms with E-state index in [2.05, 4.69) is 15.0 Å². The number of nitrogens with zero attached hydrogens (tertiary/aromatic N) is 3. The predicted molar refractivity (Wildman–Crippen MR) is 81.1 cm³/mol. The Labute approximate surface area is 133 Å². The summed E-state index contributed by atoms with van der Waals surface area (Å²) in [6, 6.07) is 9.70. The molecule has 1 atom stereocenters. The Kier molecular flexibility index (Phi) is 4.33. The van der Waals surface area contributed by atoms with Crippen molar-refractivity contribution in [2.24, 2.45) is 0 Å². The van der Waals surface area contributed by atoms with Crippen LogP contribution in [0, 0.1) is 5.82 Å². The topological polar surface area (TPSA) is 92.1 Å². The van der Waals surface area contributed by atoms with Crippen LogP contribution in [0.15, 0.2) is 36.4 Å². The van der Waals surface area contributed by atoms with Crippen molar-refractivity contribution >= 4 is 22.3 Å². The molecule has 9 heteroatoms. The maximum absolute atomic E-state index is 14.1. The first-order chi connectivity index (χ1) is 11.1. The van der Waals surface area contributed by atoms with Gasteiger partial charge >= 0.3 is 0 Å². The zero-order chi connectivity index (χ0) is 16.4. The molecule has 0 bridgehead atoms. The highest BCUT2D eigenvalue weighted by Crippen LogP contribution is 2.22. The van der Waals surface area contributed by atoms with Gasteiger partial charge in [-0.1, -0.05) is 11.3 Å².